The molecule has 2 N–H and O–H groups in total. The fourth-order valence-electron chi connectivity index (χ4n) is 5.56. The Hall–Kier alpha value is -5.10. The Morgan fingerprint density at radius 1 is 1.00 bits per heavy atom. The number of benzene rings is 3. The highest BCUT2D eigenvalue weighted by molar-refractivity contribution is 7.92. The van der Waals surface area contributed by atoms with Crippen LogP contribution in [0, 0.1) is 6.92 Å². The van der Waals surface area contributed by atoms with Crippen molar-refractivity contribution in [1.29, 1.82) is 0 Å². The zero-order valence-corrected chi connectivity index (χ0v) is 24.8. The van der Waals surface area contributed by atoms with Crippen molar-refractivity contribution >= 4 is 44.2 Å². The van der Waals surface area contributed by atoms with E-state index in [-0.39, 0.29) is 28.9 Å². The quantitative estimate of drug-likeness (QED) is 0.247. The number of aromatic amines is 1. The number of aryl methyl sites for hydroxylation is 1. The summed E-state index contributed by atoms with van der Waals surface area (Å²) in [4.78, 5) is 35.3. The number of carboxylic acids is 1. The smallest absolute Gasteiger partial charge is 0.372 e. The van der Waals surface area contributed by atoms with Gasteiger partial charge in [0.05, 0.1) is 16.3 Å². The van der Waals surface area contributed by atoms with Crippen LogP contribution in [0.2, 0.25) is 0 Å². The van der Waals surface area contributed by atoms with Crippen LogP contribution in [-0.2, 0) is 16.4 Å². The second-order valence-electron chi connectivity index (χ2n) is 10.5. The highest BCUT2D eigenvalue weighted by atomic mass is 32.2. The molecule has 44 heavy (non-hydrogen) atoms. The van der Waals surface area contributed by atoms with Gasteiger partial charge in [0.1, 0.15) is 5.58 Å². The third kappa shape index (κ3) is 5.51. The van der Waals surface area contributed by atoms with Gasteiger partial charge >= 0.3 is 5.97 Å². The maximum atomic E-state index is 14.5. The molecule has 1 fully saturated rings. The molecule has 0 aliphatic carbocycles. The van der Waals surface area contributed by atoms with E-state index < -0.39 is 16.0 Å². The first kappa shape index (κ1) is 29.0. The molecule has 5 aromatic rings. The van der Waals surface area contributed by atoms with Crippen LogP contribution < -0.4 is 9.21 Å². The van der Waals surface area contributed by atoms with Crippen LogP contribution in [0.15, 0.2) is 94.5 Å². The van der Waals surface area contributed by atoms with Crippen molar-refractivity contribution in [3.63, 3.8) is 0 Å². The largest absolute Gasteiger partial charge is 0.475 e. The van der Waals surface area contributed by atoms with Gasteiger partial charge in [0.15, 0.2) is 5.82 Å². The average molecular weight is 614 g/mol. The molecule has 12 heteroatoms. The number of nitrogens with one attached hydrogen (secondary N) is 1. The molecule has 1 aliphatic rings. The maximum Gasteiger partial charge on any atom is 0.372 e. The molecule has 226 valence electrons. The Labute approximate surface area is 254 Å². The lowest BCUT2D eigenvalue weighted by Crippen LogP contribution is -2.49. The number of anilines is 2. The number of aromatic nitrogens is 2. The molecule has 0 saturated carbocycles. The second-order valence-corrected chi connectivity index (χ2v) is 12.4. The molecular weight excluding hydrogens is 582 g/mol. The van der Waals surface area contributed by atoms with Gasteiger partial charge < -0.3 is 24.3 Å². The molecule has 1 aliphatic heterocycles. The lowest BCUT2D eigenvalue weighted by atomic mass is 10.1. The molecule has 0 radical (unpaired) electrons. The Morgan fingerprint density at radius 3 is 2.43 bits per heavy atom. The van der Waals surface area contributed by atoms with Gasteiger partial charge in [-0.2, -0.15) is 0 Å². The number of rotatable bonds is 9. The number of hydrogen-bond donors (Lipinski definition) is 2. The molecule has 1 amide bonds. The Morgan fingerprint density at radius 2 is 1.73 bits per heavy atom. The monoisotopic (exact) mass is 613 g/mol. The topological polar surface area (TPSA) is 140 Å². The third-order valence-corrected chi connectivity index (χ3v) is 9.70. The van der Waals surface area contributed by atoms with Gasteiger partial charge in [-0.15, -0.1) is 0 Å². The van der Waals surface area contributed by atoms with E-state index in [1.165, 1.54) is 22.5 Å². The summed E-state index contributed by atoms with van der Waals surface area (Å²) >= 11 is 0. The molecule has 0 bridgehead atoms. The molecule has 2 aromatic heterocycles. The summed E-state index contributed by atoms with van der Waals surface area (Å²) in [5, 5.41) is 9.94. The van der Waals surface area contributed by atoms with Crippen LogP contribution in [0.4, 0.5) is 11.4 Å². The van der Waals surface area contributed by atoms with Gasteiger partial charge in [-0.05, 0) is 49.2 Å². The van der Waals surface area contributed by atoms with Crippen molar-refractivity contribution in [3.05, 3.63) is 108 Å². The summed E-state index contributed by atoms with van der Waals surface area (Å²) in [7, 11) is -4.12. The van der Waals surface area contributed by atoms with E-state index in [0.29, 0.717) is 54.8 Å². The van der Waals surface area contributed by atoms with E-state index in [9.17, 15) is 23.1 Å². The van der Waals surface area contributed by atoms with Gasteiger partial charge in [0.25, 0.3) is 15.9 Å². The molecule has 3 aromatic carbocycles. The van der Waals surface area contributed by atoms with E-state index in [2.05, 4.69) is 14.9 Å². The number of para-hydroxylation sites is 2. The van der Waals surface area contributed by atoms with E-state index in [4.69, 9.17) is 4.42 Å². The number of fused-ring (bicyclic) bond motifs is 1. The summed E-state index contributed by atoms with van der Waals surface area (Å²) in [6.45, 7) is 3.69. The van der Waals surface area contributed by atoms with Gasteiger partial charge in [0, 0.05) is 56.1 Å². The molecular formula is C32H31N5O6S. The zero-order chi connectivity index (χ0) is 30.8. The van der Waals surface area contributed by atoms with Crippen molar-refractivity contribution in [1.82, 2.24) is 14.9 Å². The van der Waals surface area contributed by atoms with Gasteiger partial charge in [-0.3, -0.25) is 9.10 Å². The van der Waals surface area contributed by atoms with Crippen LogP contribution in [-0.4, -0.2) is 73.0 Å². The summed E-state index contributed by atoms with van der Waals surface area (Å²) in [6.07, 6.45) is 3.62. The van der Waals surface area contributed by atoms with Gasteiger partial charge in [0.2, 0.25) is 5.76 Å². The van der Waals surface area contributed by atoms with E-state index in [1.54, 1.807) is 30.3 Å². The van der Waals surface area contributed by atoms with E-state index >= 15 is 0 Å². The highest BCUT2D eigenvalue weighted by Crippen LogP contribution is 2.36. The summed E-state index contributed by atoms with van der Waals surface area (Å²) in [6, 6.07) is 21.5. The minimum atomic E-state index is -4.12. The number of aromatic carboxylic acids is 1. The molecule has 0 unspecified atom stereocenters. The Balaban J connectivity index is 1.35. The fourth-order valence-corrected chi connectivity index (χ4v) is 7.07. The number of hydrogen-bond acceptors (Lipinski definition) is 7. The molecule has 0 spiro atoms. The van der Waals surface area contributed by atoms with E-state index in [1.807, 2.05) is 48.5 Å². The minimum absolute atomic E-state index is 0.0302. The normalized spacial score (nSPS) is 13.8. The molecule has 1 saturated heterocycles. The van der Waals surface area contributed by atoms with Crippen molar-refractivity contribution in [3.8, 4) is 0 Å². The molecule has 0 atom stereocenters. The lowest BCUT2D eigenvalue weighted by molar-refractivity contribution is 0.0663. The van der Waals surface area contributed by atoms with Crippen molar-refractivity contribution < 1.29 is 27.5 Å². The number of carboxylic acid groups (broad SMARTS) is 1. The first-order chi connectivity index (χ1) is 21.2. The Bertz CT molecular complexity index is 1910. The second kappa shape index (κ2) is 11.9. The van der Waals surface area contributed by atoms with Crippen LogP contribution >= 0.6 is 0 Å². The standard InChI is InChI=1S/C32H31N5O6S/c1-22-25-21-24(11-12-28(25)43-29(22)32(39)40)44(41,42)37(16-13-23-7-3-2-4-8-23)27-10-6-5-9-26(27)35-17-19-36(20-18-35)31(38)30-33-14-15-34-30/h2-12,14-15,21H,13,16-20H2,1H3,(H,33,34)(H,39,40). The number of H-pyrrole nitrogens is 1. The zero-order valence-electron chi connectivity index (χ0n) is 24.0. The van der Waals surface area contributed by atoms with Crippen molar-refractivity contribution in [2.45, 2.75) is 18.2 Å². The number of amides is 1. The number of carbonyl (C=O) groups is 2. The predicted octanol–water partition coefficient (Wildman–Crippen LogP) is 4.56. The molecule has 6 rings (SSSR count). The van der Waals surface area contributed by atoms with Crippen molar-refractivity contribution in [2.24, 2.45) is 0 Å². The number of sulfonamides is 1. The molecule has 11 nitrogen and oxygen atoms in total. The van der Waals surface area contributed by atoms with Crippen LogP contribution in [0.3, 0.4) is 0 Å². The highest BCUT2D eigenvalue weighted by Gasteiger charge is 2.31. The first-order valence-electron chi connectivity index (χ1n) is 14.2. The summed E-state index contributed by atoms with van der Waals surface area (Å²) in [5.74, 6) is -1.32. The number of nitrogens with zero attached hydrogens (tertiary/aromatic N) is 4. The number of furan rings is 1. The van der Waals surface area contributed by atoms with Gasteiger partial charge in [-0.25, -0.2) is 18.2 Å². The SMILES string of the molecule is Cc1c(C(=O)O)oc2ccc(S(=O)(=O)N(CCc3ccccc3)c3ccccc3N3CCN(C(=O)c4ncc[nH]4)CC3)cc12. The predicted molar refractivity (Wildman–Crippen MR) is 166 cm³/mol. The Kier molecular flexibility index (Phi) is 7.83. The summed E-state index contributed by atoms with van der Waals surface area (Å²) < 4.78 is 35.8. The van der Waals surface area contributed by atoms with Crippen molar-refractivity contribution in [2.75, 3.05) is 41.9 Å². The molecule has 3 heterocycles. The summed E-state index contributed by atoms with van der Waals surface area (Å²) in [5.41, 5.74) is 2.91. The van der Waals surface area contributed by atoms with Crippen LogP contribution in [0.25, 0.3) is 11.0 Å². The first-order valence-corrected chi connectivity index (χ1v) is 15.6. The number of imidazole rings is 1. The maximum absolute atomic E-state index is 14.5. The third-order valence-electron chi connectivity index (χ3n) is 7.90. The average Bonchev–Trinajstić information content (AvgIpc) is 3.70. The van der Waals surface area contributed by atoms with Gasteiger partial charge in [-0.1, -0.05) is 42.5 Å². The number of carbonyl (C=O) groups excluding carboxylic acids is 1. The minimum Gasteiger partial charge on any atom is -0.475 e. The fraction of sp³-hybridized carbons (Fsp3) is 0.219. The van der Waals surface area contributed by atoms with Crippen LogP contribution in [0.1, 0.15) is 32.3 Å². The number of piperazine rings is 1. The lowest BCUT2D eigenvalue weighted by Gasteiger charge is -2.38. The van der Waals surface area contributed by atoms with E-state index in [0.717, 1.165) is 11.3 Å². The van der Waals surface area contributed by atoms with Crippen LogP contribution in [0.5, 0.6) is 0 Å².